The second-order valence-corrected chi connectivity index (χ2v) is 7.38. The van der Waals surface area contributed by atoms with Gasteiger partial charge in [-0.1, -0.05) is 12.1 Å². The second-order valence-electron chi connectivity index (χ2n) is 4.82. The molecule has 0 aromatic heterocycles. The van der Waals surface area contributed by atoms with Crippen molar-refractivity contribution >= 4 is 15.6 Å². The third-order valence-electron chi connectivity index (χ3n) is 3.21. The zero-order chi connectivity index (χ0) is 14.8. The predicted octanol–water partition coefficient (Wildman–Crippen LogP) is 1.77. The lowest BCUT2D eigenvalue weighted by Crippen LogP contribution is -2.41. The molecule has 0 radical (unpaired) electrons. The summed E-state index contributed by atoms with van der Waals surface area (Å²) in [6, 6.07) is 4.43. The van der Waals surface area contributed by atoms with Gasteiger partial charge in [0.1, 0.15) is 4.75 Å². The number of ether oxygens (including phenoxy) is 1. The summed E-state index contributed by atoms with van der Waals surface area (Å²) in [5, 5.41) is 0. The van der Waals surface area contributed by atoms with Gasteiger partial charge in [-0.25, -0.2) is 12.8 Å². The quantitative estimate of drug-likeness (QED) is 0.828. The zero-order valence-corrected chi connectivity index (χ0v) is 12.2. The topological polar surface area (TPSA) is 60.4 Å². The molecule has 0 aliphatic rings. The lowest BCUT2D eigenvalue weighted by atomic mass is 9.99. The van der Waals surface area contributed by atoms with E-state index in [1.165, 1.54) is 33.1 Å². The Morgan fingerprint density at radius 3 is 2.42 bits per heavy atom. The lowest BCUT2D eigenvalue weighted by Gasteiger charge is -2.21. The molecule has 0 aliphatic heterocycles. The van der Waals surface area contributed by atoms with Crippen LogP contribution in [0.25, 0.3) is 0 Å². The van der Waals surface area contributed by atoms with Crippen molar-refractivity contribution in [3.8, 4) is 5.75 Å². The number of halogens is 1. The number of benzene rings is 1. The van der Waals surface area contributed by atoms with Crippen LogP contribution in [0.2, 0.25) is 0 Å². The average molecular weight is 288 g/mol. The van der Waals surface area contributed by atoms with Crippen molar-refractivity contribution in [3.63, 3.8) is 0 Å². The van der Waals surface area contributed by atoms with E-state index in [0.717, 1.165) is 6.26 Å². The summed E-state index contributed by atoms with van der Waals surface area (Å²) in [4.78, 5) is 12.0. The molecule has 6 heteroatoms. The first-order valence-corrected chi connectivity index (χ1v) is 7.54. The van der Waals surface area contributed by atoms with E-state index < -0.39 is 26.2 Å². The molecular formula is C13H17FO4S. The highest BCUT2D eigenvalue weighted by atomic mass is 32.2. The molecule has 19 heavy (non-hydrogen) atoms. The van der Waals surface area contributed by atoms with Crippen LogP contribution in [0.1, 0.15) is 19.4 Å². The molecule has 0 heterocycles. The Hall–Kier alpha value is -1.43. The Bertz CT molecular complexity index is 591. The van der Waals surface area contributed by atoms with Crippen LogP contribution in [0.3, 0.4) is 0 Å². The molecule has 0 aliphatic carbocycles. The number of sulfone groups is 1. The number of carbonyl (C=O) groups is 1. The third-order valence-corrected chi connectivity index (χ3v) is 5.29. The van der Waals surface area contributed by atoms with Crippen LogP contribution >= 0.6 is 0 Å². The highest BCUT2D eigenvalue weighted by Crippen LogP contribution is 2.24. The largest absolute Gasteiger partial charge is 0.494 e. The van der Waals surface area contributed by atoms with E-state index in [2.05, 4.69) is 0 Å². The summed E-state index contributed by atoms with van der Waals surface area (Å²) in [5.41, 5.74) is 0.126. The van der Waals surface area contributed by atoms with Gasteiger partial charge in [0.05, 0.1) is 7.11 Å². The van der Waals surface area contributed by atoms with E-state index >= 15 is 0 Å². The van der Waals surface area contributed by atoms with Crippen LogP contribution in [0, 0.1) is 5.82 Å². The van der Waals surface area contributed by atoms with Crippen LogP contribution < -0.4 is 4.74 Å². The number of hydrogen-bond donors (Lipinski definition) is 0. The van der Waals surface area contributed by atoms with Crippen LogP contribution in [0.5, 0.6) is 5.75 Å². The van der Waals surface area contributed by atoms with Crippen molar-refractivity contribution in [2.45, 2.75) is 25.0 Å². The van der Waals surface area contributed by atoms with E-state index in [4.69, 9.17) is 4.74 Å². The van der Waals surface area contributed by atoms with Gasteiger partial charge in [-0.05, 0) is 25.5 Å². The minimum atomic E-state index is -3.55. The molecule has 0 saturated heterocycles. The number of ketones is 1. The van der Waals surface area contributed by atoms with Gasteiger partial charge in [-0.2, -0.15) is 0 Å². The first kappa shape index (κ1) is 15.6. The Kier molecular flexibility index (Phi) is 4.35. The molecule has 1 aromatic carbocycles. The van der Waals surface area contributed by atoms with Crippen LogP contribution in [-0.2, 0) is 21.1 Å². The normalized spacial score (nSPS) is 12.3. The lowest BCUT2D eigenvalue weighted by molar-refractivity contribution is -0.120. The maximum Gasteiger partial charge on any atom is 0.168 e. The summed E-state index contributed by atoms with van der Waals surface area (Å²) in [6.07, 6.45) is 0.704. The molecule has 4 nitrogen and oxygen atoms in total. The molecular weight excluding hydrogens is 271 g/mol. The van der Waals surface area contributed by atoms with Crippen molar-refractivity contribution in [2.24, 2.45) is 0 Å². The van der Waals surface area contributed by atoms with Crippen molar-refractivity contribution < 1.29 is 22.3 Å². The molecule has 0 saturated carbocycles. The minimum absolute atomic E-state index is 0.0301. The standard InChI is InChI=1S/C13H17FO4S/c1-13(2,19(4,16)17)11(15)8-9-6-5-7-10(18-3)12(9)14/h5-7H,8H2,1-4H3. The van der Waals surface area contributed by atoms with Gasteiger partial charge in [0.2, 0.25) is 0 Å². The Balaban J connectivity index is 3.08. The van der Waals surface area contributed by atoms with Crippen molar-refractivity contribution in [1.82, 2.24) is 0 Å². The highest BCUT2D eigenvalue weighted by molar-refractivity contribution is 7.92. The summed E-state index contributed by atoms with van der Waals surface area (Å²) in [6.45, 7) is 2.64. The van der Waals surface area contributed by atoms with E-state index in [-0.39, 0.29) is 17.7 Å². The van der Waals surface area contributed by atoms with Gasteiger partial charge < -0.3 is 4.74 Å². The number of methoxy groups -OCH3 is 1. The molecule has 0 atom stereocenters. The smallest absolute Gasteiger partial charge is 0.168 e. The van der Waals surface area contributed by atoms with Gasteiger partial charge >= 0.3 is 0 Å². The molecule has 0 N–H and O–H groups in total. The van der Waals surface area contributed by atoms with Gasteiger partial charge in [-0.15, -0.1) is 0 Å². The van der Waals surface area contributed by atoms with E-state index in [9.17, 15) is 17.6 Å². The van der Waals surface area contributed by atoms with Gasteiger partial charge in [-0.3, -0.25) is 4.79 Å². The SMILES string of the molecule is COc1cccc(CC(=O)C(C)(C)S(C)(=O)=O)c1F. The molecule has 0 unspecified atom stereocenters. The van der Waals surface area contributed by atoms with Gasteiger partial charge in [0, 0.05) is 12.7 Å². The summed E-state index contributed by atoms with van der Waals surface area (Å²) < 4.78 is 40.3. The fourth-order valence-electron chi connectivity index (χ4n) is 1.44. The van der Waals surface area contributed by atoms with Crippen molar-refractivity contribution in [2.75, 3.05) is 13.4 Å². The highest BCUT2D eigenvalue weighted by Gasteiger charge is 2.38. The van der Waals surface area contributed by atoms with Crippen LogP contribution in [0.15, 0.2) is 18.2 Å². The fourth-order valence-corrected chi connectivity index (χ4v) is 1.93. The van der Waals surface area contributed by atoms with E-state index in [1.807, 2.05) is 0 Å². The van der Waals surface area contributed by atoms with Gasteiger partial charge in [0.25, 0.3) is 0 Å². The first-order valence-electron chi connectivity index (χ1n) is 5.65. The number of rotatable bonds is 5. The maximum atomic E-state index is 13.9. The van der Waals surface area contributed by atoms with E-state index in [0.29, 0.717) is 0 Å². The monoisotopic (exact) mass is 288 g/mol. The second kappa shape index (κ2) is 5.28. The molecule has 0 spiro atoms. The number of Topliss-reactive ketones (excluding diaryl/α,β-unsaturated/α-hetero) is 1. The number of hydrogen-bond acceptors (Lipinski definition) is 4. The zero-order valence-electron chi connectivity index (χ0n) is 11.4. The minimum Gasteiger partial charge on any atom is -0.494 e. The van der Waals surface area contributed by atoms with Crippen LogP contribution in [0.4, 0.5) is 4.39 Å². The Morgan fingerprint density at radius 2 is 1.95 bits per heavy atom. The average Bonchev–Trinajstić information content (AvgIpc) is 2.30. The fraction of sp³-hybridized carbons (Fsp3) is 0.462. The van der Waals surface area contributed by atoms with Crippen molar-refractivity contribution in [1.29, 1.82) is 0 Å². The molecule has 0 fully saturated rings. The maximum absolute atomic E-state index is 13.9. The van der Waals surface area contributed by atoms with Gasteiger partial charge in [0.15, 0.2) is 27.2 Å². The van der Waals surface area contributed by atoms with Crippen molar-refractivity contribution in [3.05, 3.63) is 29.6 Å². The molecule has 1 aromatic rings. The number of carbonyl (C=O) groups excluding carboxylic acids is 1. The predicted molar refractivity (Wildman–Crippen MR) is 70.6 cm³/mol. The van der Waals surface area contributed by atoms with Crippen LogP contribution in [-0.4, -0.2) is 32.3 Å². The molecule has 106 valence electrons. The Labute approximate surface area is 112 Å². The first-order chi connectivity index (χ1) is 8.61. The summed E-state index contributed by atoms with van der Waals surface area (Å²) in [7, 11) is -2.23. The third kappa shape index (κ3) is 3.12. The Morgan fingerprint density at radius 1 is 1.37 bits per heavy atom. The summed E-state index contributed by atoms with van der Waals surface area (Å²) >= 11 is 0. The molecule has 1 rings (SSSR count). The van der Waals surface area contributed by atoms with E-state index in [1.54, 1.807) is 6.07 Å². The molecule has 0 bridgehead atoms. The summed E-state index contributed by atoms with van der Waals surface area (Å²) in [5.74, 6) is -1.16. The molecule has 0 amide bonds.